The summed E-state index contributed by atoms with van der Waals surface area (Å²) in [5.41, 5.74) is 1.54. The summed E-state index contributed by atoms with van der Waals surface area (Å²) in [5, 5.41) is 12.3. The lowest BCUT2D eigenvalue weighted by molar-refractivity contribution is -0.118. The third-order valence-corrected chi connectivity index (χ3v) is 6.42. The molecule has 0 unspecified atom stereocenters. The first-order valence-corrected chi connectivity index (χ1v) is 10.5. The van der Waals surface area contributed by atoms with Gasteiger partial charge in [0.05, 0.1) is 5.75 Å². The van der Waals surface area contributed by atoms with E-state index in [2.05, 4.69) is 15.5 Å². The number of halogens is 1. The fraction of sp³-hybridized carbons (Fsp3) is 0.412. The molecule has 2 amide bonds. The lowest BCUT2D eigenvalue weighted by atomic mass is 10.2. The lowest BCUT2D eigenvalue weighted by Crippen LogP contribution is -2.32. The van der Waals surface area contributed by atoms with Crippen molar-refractivity contribution >= 4 is 57.3 Å². The number of hydrogen-bond acceptors (Lipinski definition) is 6. The van der Waals surface area contributed by atoms with Gasteiger partial charge in [-0.2, -0.15) is 0 Å². The Labute approximate surface area is 165 Å². The van der Waals surface area contributed by atoms with Gasteiger partial charge < -0.3 is 5.32 Å². The molecule has 6 nitrogen and oxygen atoms in total. The first-order chi connectivity index (χ1) is 12.5. The van der Waals surface area contributed by atoms with Gasteiger partial charge in [-0.1, -0.05) is 47.7 Å². The number of nitrogens with zero attached hydrogens (tertiary/aromatic N) is 3. The van der Waals surface area contributed by atoms with Gasteiger partial charge in [0.2, 0.25) is 16.9 Å². The fourth-order valence-electron chi connectivity index (χ4n) is 2.38. The minimum Gasteiger partial charge on any atom is -0.325 e. The predicted octanol–water partition coefficient (Wildman–Crippen LogP) is 4.14. The summed E-state index contributed by atoms with van der Waals surface area (Å²) in [7, 11) is 0. The minimum absolute atomic E-state index is 0.0642. The van der Waals surface area contributed by atoms with Gasteiger partial charge in [-0.25, -0.2) is 0 Å². The topological polar surface area (TPSA) is 75.2 Å². The van der Waals surface area contributed by atoms with E-state index >= 15 is 0 Å². The zero-order valence-corrected chi connectivity index (χ0v) is 16.9. The van der Waals surface area contributed by atoms with Crippen molar-refractivity contribution < 1.29 is 9.59 Å². The minimum atomic E-state index is -0.138. The molecule has 1 saturated carbocycles. The summed E-state index contributed by atoms with van der Waals surface area (Å²) >= 11 is 8.73. The Bertz CT molecular complexity index is 823. The van der Waals surface area contributed by atoms with E-state index in [1.54, 1.807) is 17.0 Å². The van der Waals surface area contributed by atoms with Gasteiger partial charge >= 0.3 is 0 Å². The van der Waals surface area contributed by atoms with Crippen LogP contribution in [0, 0.1) is 6.92 Å². The van der Waals surface area contributed by atoms with Crippen molar-refractivity contribution in [1.82, 2.24) is 10.2 Å². The maximum Gasteiger partial charge on any atom is 0.234 e. The van der Waals surface area contributed by atoms with Crippen molar-refractivity contribution in [3.8, 4) is 0 Å². The number of thioether (sulfide) groups is 1. The van der Waals surface area contributed by atoms with E-state index in [1.807, 2.05) is 19.9 Å². The van der Waals surface area contributed by atoms with Crippen LogP contribution in [-0.2, 0) is 9.59 Å². The van der Waals surface area contributed by atoms with Gasteiger partial charge in [-0.05, 0) is 37.5 Å². The number of anilines is 2. The Morgan fingerprint density at radius 3 is 2.85 bits per heavy atom. The molecule has 0 atom stereocenters. The van der Waals surface area contributed by atoms with Crippen LogP contribution < -0.4 is 10.2 Å². The molecule has 3 rings (SSSR count). The lowest BCUT2D eigenvalue weighted by Gasteiger charge is -2.17. The molecule has 26 heavy (non-hydrogen) atoms. The molecule has 1 N–H and O–H groups in total. The quantitative estimate of drug-likeness (QED) is 0.548. The van der Waals surface area contributed by atoms with Crippen LogP contribution in [0.2, 0.25) is 5.02 Å². The number of amides is 2. The van der Waals surface area contributed by atoms with Crippen LogP contribution in [0.25, 0.3) is 0 Å². The first kappa shape index (κ1) is 19.1. The summed E-state index contributed by atoms with van der Waals surface area (Å²) in [6.07, 6.45) is 2.46. The fourth-order valence-corrected chi connectivity index (χ4v) is 4.29. The Kier molecular flexibility index (Phi) is 6.16. The van der Waals surface area contributed by atoms with Gasteiger partial charge in [0.1, 0.15) is 0 Å². The average Bonchev–Trinajstić information content (AvgIpc) is 3.35. The monoisotopic (exact) mass is 410 g/mol. The van der Waals surface area contributed by atoms with Crippen LogP contribution in [0.5, 0.6) is 0 Å². The van der Waals surface area contributed by atoms with E-state index in [-0.39, 0.29) is 23.6 Å². The molecule has 0 aliphatic heterocycles. The van der Waals surface area contributed by atoms with Crippen molar-refractivity contribution in [2.75, 3.05) is 16.0 Å². The normalized spacial score (nSPS) is 13.5. The standard InChI is InChI=1S/C17H19ClN4O2S2/c1-3-15(24)22(11-7-8-11)16-20-21-17(26-16)25-9-14(23)19-13-6-4-5-12(18)10(13)2/h4-6,11H,3,7-9H2,1-2H3,(H,19,23). The summed E-state index contributed by atoms with van der Waals surface area (Å²) in [4.78, 5) is 26.0. The van der Waals surface area contributed by atoms with Crippen LogP contribution in [0.3, 0.4) is 0 Å². The maximum absolute atomic E-state index is 12.2. The maximum atomic E-state index is 12.2. The number of carbonyl (C=O) groups excluding carboxylic acids is 2. The van der Waals surface area contributed by atoms with Crippen LogP contribution >= 0.6 is 34.7 Å². The van der Waals surface area contributed by atoms with E-state index in [9.17, 15) is 9.59 Å². The first-order valence-electron chi connectivity index (χ1n) is 8.33. The molecule has 0 bridgehead atoms. The SMILES string of the molecule is CCC(=O)N(c1nnc(SCC(=O)Nc2cccc(Cl)c2C)s1)C1CC1. The van der Waals surface area contributed by atoms with Crippen LogP contribution in [-0.4, -0.2) is 33.8 Å². The van der Waals surface area contributed by atoms with E-state index in [1.165, 1.54) is 23.1 Å². The van der Waals surface area contributed by atoms with Crippen LogP contribution in [0.15, 0.2) is 22.5 Å². The van der Waals surface area contributed by atoms with Gasteiger partial charge in [0, 0.05) is 23.2 Å². The highest BCUT2D eigenvalue weighted by Gasteiger charge is 2.35. The van der Waals surface area contributed by atoms with Crippen molar-refractivity contribution in [2.24, 2.45) is 0 Å². The predicted molar refractivity (Wildman–Crippen MR) is 106 cm³/mol. The summed E-state index contributed by atoms with van der Waals surface area (Å²) in [6, 6.07) is 5.65. The number of rotatable bonds is 7. The molecule has 0 radical (unpaired) electrons. The molecule has 138 valence electrons. The van der Waals surface area contributed by atoms with Crippen molar-refractivity contribution in [3.05, 3.63) is 28.8 Å². The van der Waals surface area contributed by atoms with Gasteiger partial charge in [-0.3, -0.25) is 14.5 Å². The molecule has 1 heterocycles. The number of nitrogens with one attached hydrogen (secondary N) is 1. The zero-order chi connectivity index (χ0) is 18.7. The third kappa shape index (κ3) is 4.55. The average molecular weight is 411 g/mol. The van der Waals surface area contributed by atoms with E-state index in [0.717, 1.165) is 18.4 Å². The Hall–Kier alpha value is -1.64. The molecule has 1 aliphatic rings. The van der Waals surface area contributed by atoms with E-state index in [0.29, 0.717) is 26.6 Å². The van der Waals surface area contributed by atoms with E-state index in [4.69, 9.17) is 11.6 Å². The largest absolute Gasteiger partial charge is 0.325 e. The van der Waals surface area contributed by atoms with Gasteiger partial charge in [-0.15, -0.1) is 10.2 Å². The number of benzene rings is 1. The summed E-state index contributed by atoms with van der Waals surface area (Å²) < 4.78 is 0.674. The highest BCUT2D eigenvalue weighted by atomic mass is 35.5. The van der Waals surface area contributed by atoms with Crippen LogP contribution in [0.1, 0.15) is 31.7 Å². The Morgan fingerprint density at radius 1 is 1.38 bits per heavy atom. The van der Waals surface area contributed by atoms with Gasteiger partial charge in [0.15, 0.2) is 4.34 Å². The van der Waals surface area contributed by atoms with Crippen molar-refractivity contribution in [2.45, 2.75) is 43.5 Å². The second-order valence-corrected chi connectivity index (χ2v) is 8.53. The Morgan fingerprint density at radius 2 is 2.15 bits per heavy atom. The molecule has 2 aromatic rings. The zero-order valence-electron chi connectivity index (χ0n) is 14.5. The summed E-state index contributed by atoms with van der Waals surface area (Å²) in [5.74, 6) is 0.140. The van der Waals surface area contributed by atoms with E-state index < -0.39 is 0 Å². The molecule has 9 heteroatoms. The molecule has 1 fully saturated rings. The highest BCUT2D eigenvalue weighted by molar-refractivity contribution is 8.01. The third-order valence-electron chi connectivity index (χ3n) is 3.95. The summed E-state index contributed by atoms with van der Waals surface area (Å²) in [6.45, 7) is 3.70. The Balaban J connectivity index is 1.58. The molecule has 1 aliphatic carbocycles. The number of carbonyl (C=O) groups is 2. The number of hydrogen-bond donors (Lipinski definition) is 1. The second-order valence-electron chi connectivity index (χ2n) is 5.95. The second kappa shape index (κ2) is 8.37. The van der Waals surface area contributed by atoms with Gasteiger partial charge in [0.25, 0.3) is 0 Å². The molecular weight excluding hydrogens is 392 g/mol. The van der Waals surface area contributed by atoms with Crippen LogP contribution in [0.4, 0.5) is 10.8 Å². The number of aromatic nitrogens is 2. The van der Waals surface area contributed by atoms with Crippen molar-refractivity contribution in [1.29, 1.82) is 0 Å². The molecule has 1 aromatic heterocycles. The highest BCUT2D eigenvalue weighted by Crippen LogP contribution is 2.36. The molecule has 0 saturated heterocycles. The smallest absolute Gasteiger partial charge is 0.234 e. The molecular formula is C17H19ClN4O2S2. The molecule has 1 aromatic carbocycles. The molecule has 0 spiro atoms. The van der Waals surface area contributed by atoms with Crippen molar-refractivity contribution in [3.63, 3.8) is 0 Å².